The number of thiocarbonyl (C=S) groups is 1. The van der Waals surface area contributed by atoms with Crippen molar-refractivity contribution in [1.29, 1.82) is 0 Å². The summed E-state index contributed by atoms with van der Waals surface area (Å²) in [6.07, 6.45) is 4.54. The molecule has 154 valence electrons. The molecule has 1 saturated heterocycles. The molecule has 1 heterocycles. The summed E-state index contributed by atoms with van der Waals surface area (Å²) in [5.74, 6) is -0.335. The first-order valence-corrected chi connectivity index (χ1v) is 10.7. The molecule has 5 nitrogen and oxygen atoms in total. The summed E-state index contributed by atoms with van der Waals surface area (Å²) in [5, 5.41) is 12.4. The number of amides is 2. The molecule has 1 fully saturated rings. The zero-order valence-corrected chi connectivity index (χ0v) is 18.1. The van der Waals surface area contributed by atoms with E-state index in [2.05, 4.69) is 5.32 Å². The Kier molecular flexibility index (Phi) is 7.43. The van der Waals surface area contributed by atoms with Crippen molar-refractivity contribution < 1.29 is 14.7 Å². The van der Waals surface area contributed by atoms with Gasteiger partial charge >= 0.3 is 0 Å². The predicted molar refractivity (Wildman–Crippen MR) is 126 cm³/mol. The van der Waals surface area contributed by atoms with Gasteiger partial charge in [-0.3, -0.25) is 14.5 Å². The number of phenolic OH excluding ortho intramolecular Hbond substituents is 1. The number of aromatic hydroxyl groups is 1. The molecule has 2 aromatic carbocycles. The second-order valence-electron chi connectivity index (χ2n) is 6.80. The lowest BCUT2D eigenvalue weighted by Crippen LogP contribution is -2.29. The van der Waals surface area contributed by atoms with Crippen LogP contribution in [0.15, 0.2) is 71.2 Å². The van der Waals surface area contributed by atoms with Gasteiger partial charge in [0, 0.05) is 13.0 Å². The Morgan fingerprint density at radius 2 is 1.87 bits per heavy atom. The monoisotopic (exact) mass is 438 g/mol. The molecular weight excluding hydrogens is 416 g/mol. The largest absolute Gasteiger partial charge is 0.506 e. The van der Waals surface area contributed by atoms with E-state index in [1.165, 1.54) is 22.7 Å². The molecule has 1 aliphatic heterocycles. The van der Waals surface area contributed by atoms with Gasteiger partial charge in [-0.1, -0.05) is 72.5 Å². The number of thioether (sulfide) groups is 1. The Balaban J connectivity index is 1.54. The van der Waals surface area contributed by atoms with Crippen LogP contribution in [-0.4, -0.2) is 32.7 Å². The van der Waals surface area contributed by atoms with Crippen LogP contribution in [0.2, 0.25) is 0 Å². The maximum Gasteiger partial charge on any atom is 0.266 e. The lowest BCUT2D eigenvalue weighted by molar-refractivity contribution is -0.122. The molecule has 0 aromatic heterocycles. The van der Waals surface area contributed by atoms with Crippen LogP contribution in [0.3, 0.4) is 0 Å². The topological polar surface area (TPSA) is 69.6 Å². The smallest absolute Gasteiger partial charge is 0.266 e. The van der Waals surface area contributed by atoms with E-state index in [4.69, 9.17) is 12.2 Å². The van der Waals surface area contributed by atoms with Crippen LogP contribution >= 0.6 is 24.0 Å². The third kappa shape index (κ3) is 5.81. The van der Waals surface area contributed by atoms with E-state index in [0.717, 1.165) is 11.1 Å². The van der Waals surface area contributed by atoms with Gasteiger partial charge < -0.3 is 10.4 Å². The summed E-state index contributed by atoms with van der Waals surface area (Å²) in [6.45, 7) is 2.32. The molecule has 0 radical (unpaired) electrons. The number of rotatable bonds is 7. The third-order valence-corrected chi connectivity index (χ3v) is 5.77. The summed E-state index contributed by atoms with van der Waals surface area (Å²) in [6, 6.07) is 16.5. The number of nitrogens with one attached hydrogen (secondary N) is 1. The summed E-state index contributed by atoms with van der Waals surface area (Å²) in [5.41, 5.74) is 2.40. The summed E-state index contributed by atoms with van der Waals surface area (Å²) >= 11 is 6.63. The quantitative estimate of drug-likeness (QED) is 0.363. The molecule has 0 unspecified atom stereocenters. The van der Waals surface area contributed by atoms with Crippen molar-refractivity contribution in [2.24, 2.45) is 0 Å². The van der Waals surface area contributed by atoms with Crippen LogP contribution in [0.1, 0.15) is 25.3 Å². The number of carbonyl (C=O) groups is 2. The fraction of sp³-hybridized carbons (Fsp3) is 0.174. The second kappa shape index (κ2) is 10.2. The molecule has 3 rings (SSSR count). The van der Waals surface area contributed by atoms with E-state index in [0.29, 0.717) is 27.9 Å². The van der Waals surface area contributed by atoms with Gasteiger partial charge in [0.2, 0.25) is 5.91 Å². The Morgan fingerprint density at radius 1 is 1.17 bits per heavy atom. The number of phenols is 1. The molecule has 2 amide bonds. The average molecular weight is 439 g/mol. The maximum absolute atomic E-state index is 12.7. The number of allylic oxidation sites excluding steroid dienone is 2. The highest BCUT2D eigenvalue weighted by molar-refractivity contribution is 8.26. The van der Waals surface area contributed by atoms with Crippen LogP contribution < -0.4 is 5.32 Å². The van der Waals surface area contributed by atoms with Crippen LogP contribution in [0.5, 0.6) is 5.75 Å². The Labute approximate surface area is 185 Å². The first-order chi connectivity index (χ1) is 14.4. The molecule has 1 aliphatic rings. The molecule has 2 aromatic rings. The van der Waals surface area contributed by atoms with E-state index in [-0.39, 0.29) is 24.0 Å². The molecular formula is C23H22N2O3S2. The van der Waals surface area contributed by atoms with Gasteiger partial charge in [0.1, 0.15) is 10.1 Å². The van der Waals surface area contributed by atoms with Crippen molar-refractivity contribution in [3.05, 3.63) is 76.7 Å². The molecule has 0 bridgehead atoms. The van der Waals surface area contributed by atoms with Crippen molar-refractivity contribution in [2.45, 2.75) is 19.8 Å². The Morgan fingerprint density at radius 3 is 2.60 bits per heavy atom. The van der Waals surface area contributed by atoms with E-state index < -0.39 is 0 Å². The minimum absolute atomic E-state index is 0.0202. The van der Waals surface area contributed by atoms with Gasteiger partial charge in [0.15, 0.2) is 0 Å². The maximum atomic E-state index is 12.7. The number of nitrogens with zero attached hydrogens (tertiary/aromatic N) is 1. The number of hydrogen-bond acceptors (Lipinski definition) is 5. The fourth-order valence-electron chi connectivity index (χ4n) is 2.94. The number of para-hydroxylation sites is 2. The zero-order valence-electron chi connectivity index (χ0n) is 16.5. The lowest BCUT2D eigenvalue weighted by Gasteiger charge is -2.14. The van der Waals surface area contributed by atoms with E-state index in [1.54, 1.807) is 18.2 Å². The second-order valence-corrected chi connectivity index (χ2v) is 8.48. The van der Waals surface area contributed by atoms with Crippen LogP contribution in [0.4, 0.5) is 5.69 Å². The average Bonchev–Trinajstić information content (AvgIpc) is 2.97. The summed E-state index contributed by atoms with van der Waals surface area (Å²) < 4.78 is 0.500. The predicted octanol–water partition coefficient (Wildman–Crippen LogP) is 4.96. The number of carbonyl (C=O) groups excluding carboxylic acids is 2. The molecule has 0 atom stereocenters. The minimum Gasteiger partial charge on any atom is -0.506 e. The van der Waals surface area contributed by atoms with Crippen molar-refractivity contribution in [2.75, 3.05) is 11.9 Å². The van der Waals surface area contributed by atoms with Gasteiger partial charge in [0.05, 0.1) is 10.6 Å². The van der Waals surface area contributed by atoms with Gasteiger partial charge in [-0.15, -0.1) is 0 Å². The van der Waals surface area contributed by atoms with Crippen LogP contribution in [-0.2, 0) is 9.59 Å². The number of hydrogen-bond donors (Lipinski definition) is 2. The van der Waals surface area contributed by atoms with Crippen LogP contribution in [0, 0.1) is 0 Å². The van der Waals surface area contributed by atoms with E-state index in [1.807, 2.05) is 49.4 Å². The standard InChI is InChI=1S/C23H22N2O3S2/c1-16(14-17-8-3-2-4-9-17)15-20-22(28)25(23(29)30-20)13-7-12-21(27)24-18-10-5-6-11-19(18)26/h2-6,8-11,14-15,26H,7,12-13H2,1H3,(H,24,27). The SMILES string of the molecule is CC(=Cc1ccccc1)C=C1SC(=S)N(CCCC(=O)Nc2ccccc2O)C1=O. The molecule has 0 aliphatic carbocycles. The normalized spacial score (nSPS) is 15.7. The minimum atomic E-state index is -0.223. The number of benzene rings is 2. The van der Waals surface area contributed by atoms with E-state index >= 15 is 0 Å². The van der Waals surface area contributed by atoms with Gasteiger partial charge in [-0.25, -0.2) is 0 Å². The van der Waals surface area contributed by atoms with Gasteiger partial charge in [-0.2, -0.15) is 0 Å². The third-order valence-electron chi connectivity index (χ3n) is 4.39. The fourth-order valence-corrected chi connectivity index (χ4v) is 4.30. The highest BCUT2D eigenvalue weighted by Gasteiger charge is 2.31. The molecule has 0 saturated carbocycles. The van der Waals surface area contributed by atoms with Gasteiger partial charge in [-0.05, 0) is 42.7 Å². The summed E-state index contributed by atoms with van der Waals surface area (Å²) in [4.78, 5) is 26.9. The first-order valence-electron chi connectivity index (χ1n) is 9.50. The summed E-state index contributed by atoms with van der Waals surface area (Å²) in [7, 11) is 0. The van der Waals surface area contributed by atoms with Crippen LogP contribution in [0.25, 0.3) is 6.08 Å². The molecule has 7 heteroatoms. The molecule has 30 heavy (non-hydrogen) atoms. The van der Waals surface area contributed by atoms with Crippen molar-refractivity contribution in [3.63, 3.8) is 0 Å². The zero-order chi connectivity index (χ0) is 21.5. The number of anilines is 1. The van der Waals surface area contributed by atoms with Crippen molar-refractivity contribution in [1.82, 2.24) is 4.90 Å². The first kappa shape index (κ1) is 21.8. The highest BCUT2D eigenvalue weighted by Crippen LogP contribution is 2.32. The van der Waals surface area contributed by atoms with E-state index in [9.17, 15) is 14.7 Å². The Hall–Kier alpha value is -2.90. The highest BCUT2D eigenvalue weighted by atomic mass is 32.2. The molecule has 2 N–H and O–H groups in total. The Bertz CT molecular complexity index is 1020. The van der Waals surface area contributed by atoms with Crippen molar-refractivity contribution in [3.8, 4) is 5.75 Å². The van der Waals surface area contributed by atoms with Crippen molar-refractivity contribution >= 4 is 51.9 Å². The molecule has 0 spiro atoms. The van der Waals surface area contributed by atoms with Gasteiger partial charge in [0.25, 0.3) is 5.91 Å². The lowest BCUT2D eigenvalue weighted by atomic mass is 10.1.